The number of hydrogen-bond acceptors (Lipinski definition) is 7. The zero-order chi connectivity index (χ0) is 39.3. The zero-order valence-electron chi connectivity index (χ0n) is 32.3. The number of aromatic nitrogens is 4. The van der Waals surface area contributed by atoms with Crippen LogP contribution in [0.4, 0.5) is 4.79 Å². The lowest BCUT2D eigenvalue weighted by molar-refractivity contribution is -0.133. The van der Waals surface area contributed by atoms with Crippen LogP contribution < -0.4 is 11.1 Å². The van der Waals surface area contributed by atoms with Crippen molar-refractivity contribution < 1.29 is 19.1 Å². The first-order chi connectivity index (χ1) is 27.1. The summed E-state index contributed by atoms with van der Waals surface area (Å²) in [6, 6.07) is 29.8. The average Bonchev–Trinajstić information content (AvgIpc) is 3.84. The summed E-state index contributed by atoms with van der Waals surface area (Å²) in [7, 11) is 1.27. The van der Waals surface area contributed by atoms with Gasteiger partial charge in [-0.2, -0.15) is 0 Å². The lowest BCUT2D eigenvalue weighted by Crippen LogP contribution is -2.41. The molecule has 0 unspecified atom stereocenters. The third kappa shape index (κ3) is 8.20. The Morgan fingerprint density at radius 3 is 1.89 bits per heavy atom. The molecule has 0 aliphatic heterocycles. The van der Waals surface area contributed by atoms with Gasteiger partial charge in [0.15, 0.2) is 0 Å². The first-order valence-electron chi connectivity index (χ1n) is 19.1. The summed E-state index contributed by atoms with van der Waals surface area (Å²) in [5.41, 5.74) is 12.9. The number of rotatable bonds is 14. The van der Waals surface area contributed by atoms with Gasteiger partial charge in [-0.25, -0.2) is 14.8 Å². The molecule has 5 N–H and O–H groups in total. The molecule has 2 heterocycles. The minimum Gasteiger partial charge on any atom is -0.453 e. The van der Waals surface area contributed by atoms with Crippen LogP contribution in [0, 0.1) is 5.92 Å². The zero-order valence-corrected chi connectivity index (χ0v) is 32.3. The number of nitrogens with zero attached hydrogens (tertiary/aromatic N) is 4. The molecule has 0 saturated heterocycles. The summed E-state index contributed by atoms with van der Waals surface area (Å²) in [6.45, 7) is 7.79. The molecule has 0 aliphatic rings. The van der Waals surface area contributed by atoms with Crippen molar-refractivity contribution in [2.75, 3.05) is 26.7 Å². The lowest BCUT2D eigenvalue weighted by Gasteiger charge is -2.25. The number of imidazole rings is 2. The van der Waals surface area contributed by atoms with Crippen LogP contribution in [0.1, 0.15) is 56.9 Å². The van der Waals surface area contributed by atoms with Crippen LogP contribution in [0.5, 0.6) is 0 Å². The second-order valence-electron chi connectivity index (χ2n) is 14.7. The maximum absolute atomic E-state index is 13.6. The molecule has 12 heteroatoms. The van der Waals surface area contributed by atoms with E-state index in [4.69, 9.17) is 15.7 Å². The highest BCUT2D eigenvalue weighted by atomic mass is 16.5. The molecule has 0 bridgehead atoms. The topological polar surface area (TPSA) is 162 Å². The van der Waals surface area contributed by atoms with Gasteiger partial charge in [0, 0.05) is 23.9 Å². The van der Waals surface area contributed by atoms with Crippen molar-refractivity contribution >= 4 is 61.5 Å². The van der Waals surface area contributed by atoms with Gasteiger partial charge in [-0.15, -0.1) is 0 Å². The number of benzene rings is 5. The predicted molar refractivity (Wildman–Crippen MR) is 221 cm³/mol. The van der Waals surface area contributed by atoms with E-state index in [9.17, 15) is 14.4 Å². The van der Waals surface area contributed by atoms with Crippen molar-refractivity contribution in [2.45, 2.75) is 52.7 Å². The van der Waals surface area contributed by atoms with Crippen molar-refractivity contribution in [3.63, 3.8) is 0 Å². The fraction of sp³-hybridized carbons (Fsp3) is 0.295. The average molecular weight is 753 g/mol. The highest BCUT2D eigenvalue weighted by molar-refractivity contribution is 6.07. The van der Waals surface area contributed by atoms with Crippen LogP contribution in [0.2, 0.25) is 0 Å². The molecule has 0 saturated carbocycles. The summed E-state index contributed by atoms with van der Waals surface area (Å²) in [5, 5.41) is 6.62. The lowest BCUT2D eigenvalue weighted by atomic mass is 9.98. The minimum absolute atomic E-state index is 0.116. The number of nitrogens with two attached hydrogens (primary N) is 1. The van der Waals surface area contributed by atoms with E-state index in [1.807, 2.05) is 61.2 Å². The summed E-state index contributed by atoms with van der Waals surface area (Å²) >= 11 is 0. The second kappa shape index (κ2) is 16.6. The van der Waals surface area contributed by atoms with Crippen LogP contribution in [0.15, 0.2) is 91.0 Å². The Balaban J connectivity index is 1.12. The second-order valence-corrected chi connectivity index (χ2v) is 14.7. The van der Waals surface area contributed by atoms with Gasteiger partial charge < -0.3 is 35.6 Å². The standard InChI is InChI=1S/C44H48N8O4/c1-5-6-20-51(43(54)40(45)28-10-8-7-9-11-28)25-37-47-35-18-14-31-21-29(12-16-33(31)41(35)49-37)30-13-17-34-32(22-30)15-19-36-42(34)50-38(48-36)26-52(24-27(2)3)39(53)23-46-44(55)56-4/h7-19,21-22,27,40H,5-6,20,23-26,45H2,1-4H3,(H,46,55)(H,47,49)(H,48,50)/t40-/m1/s1. The number of aromatic amines is 2. The van der Waals surface area contributed by atoms with Crippen molar-refractivity contribution in [3.8, 4) is 11.1 Å². The number of ether oxygens (including phenoxy) is 1. The van der Waals surface area contributed by atoms with E-state index in [0.717, 1.165) is 79.0 Å². The first kappa shape index (κ1) is 38.0. The summed E-state index contributed by atoms with van der Waals surface area (Å²) in [6.07, 6.45) is 1.19. The van der Waals surface area contributed by atoms with Gasteiger partial charge in [-0.1, -0.05) is 93.9 Å². The van der Waals surface area contributed by atoms with E-state index in [2.05, 4.69) is 75.5 Å². The quantitative estimate of drug-likeness (QED) is 0.0890. The number of carbonyl (C=O) groups is 3. The number of hydrogen-bond donors (Lipinski definition) is 4. The molecular weight excluding hydrogens is 705 g/mol. The number of fused-ring (bicyclic) bond motifs is 6. The number of alkyl carbamates (subject to hydrolysis) is 1. The Morgan fingerprint density at radius 1 is 0.786 bits per heavy atom. The Kier molecular flexibility index (Phi) is 11.3. The summed E-state index contributed by atoms with van der Waals surface area (Å²) in [4.78, 5) is 58.4. The molecule has 0 aliphatic carbocycles. The molecule has 7 aromatic rings. The van der Waals surface area contributed by atoms with E-state index >= 15 is 0 Å². The molecule has 7 rings (SSSR count). The SMILES string of the molecule is CCCCN(Cc1nc2c(ccc3cc(-c4ccc5c(ccc6[nH]c(CN(CC(C)C)C(=O)CNC(=O)OC)nc65)c4)ccc32)[nH]1)C(=O)[C@H](N)c1ccccc1. The number of H-pyrrole nitrogens is 2. The Hall–Kier alpha value is -6.27. The van der Waals surface area contributed by atoms with Crippen LogP contribution in [-0.4, -0.2) is 74.4 Å². The fourth-order valence-electron chi connectivity index (χ4n) is 7.22. The van der Waals surface area contributed by atoms with Gasteiger partial charge in [0.25, 0.3) is 0 Å². The highest BCUT2D eigenvalue weighted by Gasteiger charge is 2.24. The molecule has 1 atom stereocenters. The molecule has 288 valence electrons. The van der Waals surface area contributed by atoms with Crippen LogP contribution in [-0.2, 0) is 27.4 Å². The van der Waals surface area contributed by atoms with E-state index in [-0.39, 0.29) is 30.8 Å². The van der Waals surface area contributed by atoms with Crippen LogP contribution in [0.25, 0.3) is 54.7 Å². The van der Waals surface area contributed by atoms with Crippen LogP contribution >= 0.6 is 0 Å². The molecule has 56 heavy (non-hydrogen) atoms. The van der Waals surface area contributed by atoms with Gasteiger partial charge in [0.2, 0.25) is 11.8 Å². The smallest absolute Gasteiger partial charge is 0.407 e. The summed E-state index contributed by atoms with van der Waals surface area (Å²) < 4.78 is 4.62. The number of carbonyl (C=O) groups excluding carboxylic acids is 3. The molecule has 0 spiro atoms. The van der Waals surface area contributed by atoms with E-state index in [1.54, 1.807) is 4.90 Å². The number of nitrogens with one attached hydrogen (secondary N) is 3. The Bertz CT molecular complexity index is 2530. The number of unbranched alkanes of at least 4 members (excludes halogenated alkanes) is 1. The van der Waals surface area contributed by atoms with Gasteiger partial charge >= 0.3 is 6.09 Å². The minimum atomic E-state index is -0.735. The normalized spacial score (nSPS) is 12.1. The first-order valence-corrected chi connectivity index (χ1v) is 19.1. The molecule has 3 amide bonds. The monoisotopic (exact) mass is 752 g/mol. The third-order valence-corrected chi connectivity index (χ3v) is 10.1. The van der Waals surface area contributed by atoms with Gasteiger partial charge in [-0.05, 0) is 64.1 Å². The van der Waals surface area contributed by atoms with Gasteiger partial charge in [0.05, 0.1) is 42.3 Å². The highest BCUT2D eigenvalue weighted by Crippen LogP contribution is 2.33. The van der Waals surface area contributed by atoms with Crippen LogP contribution in [0.3, 0.4) is 0 Å². The maximum atomic E-state index is 13.6. The molecule has 0 fully saturated rings. The molecule has 12 nitrogen and oxygen atoms in total. The van der Waals surface area contributed by atoms with Crippen molar-refractivity contribution in [1.29, 1.82) is 0 Å². The van der Waals surface area contributed by atoms with Crippen molar-refractivity contribution in [2.24, 2.45) is 11.7 Å². The fourth-order valence-corrected chi connectivity index (χ4v) is 7.22. The van der Waals surface area contributed by atoms with Gasteiger partial charge in [-0.3, -0.25) is 9.59 Å². The molecule has 5 aromatic carbocycles. The van der Waals surface area contributed by atoms with E-state index in [1.165, 1.54) is 7.11 Å². The molecule has 0 radical (unpaired) electrons. The van der Waals surface area contributed by atoms with E-state index in [0.29, 0.717) is 25.5 Å². The Morgan fingerprint density at radius 2 is 1.36 bits per heavy atom. The number of amides is 3. The van der Waals surface area contributed by atoms with Crippen molar-refractivity contribution in [3.05, 3.63) is 108 Å². The molecular formula is C44H48N8O4. The maximum Gasteiger partial charge on any atom is 0.407 e. The largest absolute Gasteiger partial charge is 0.453 e. The van der Waals surface area contributed by atoms with E-state index < -0.39 is 12.1 Å². The summed E-state index contributed by atoms with van der Waals surface area (Å²) in [5.74, 6) is 1.29. The van der Waals surface area contributed by atoms with Crippen molar-refractivity contribution in [1.82, 2.24) is 35.1 Å². The third-order valence-electron chi connectivity index (χ3n) is 10.1. The molecule has 2 aromatic heterocycles. The van der Waals surface area contributed by atoms with Gasteiger partial charge in [0.1, 0.15) is 24.2 Å². The Labute approximate surface area is 325 Å². The predicted octanol–water partition coefficient (Wildman–Crippen LogP) is 7.58. The number of methoxy groups -OCH3 is 1.